The highest BCUT2D eigenvalue weighted by molar-refractivity contribution is 6.30. The van der Waals surface area contributed by atoms with E-state index in [1.165, 1.54) is 11.1 Å². The minimum atomic E-state index is -0.0926. The van der Waals surface area contributed by atoms with Gasteiger partial charge in [0.1, 0.15) is 5.69 Å². The standard InChI is InChI=1S/C21H20ClN3O/c1-13-3-4-15(11-14(13)2)19-12-20(21(26)23-17-7-8-17)25(24-19)18-9-5-16(22)6-10-18/h3-6,9-12,17H,7-8H2,1-2H3,(H,23,26). The van der Waals surface area contributed by atoms with Crippen molar-refractivity contribution in [2.45, 2.75) is 32.7 Å². The second-order valence-corrected chi connectivity index (χ2v) is 7.29. The van der Waals surface area contributed by atoms with Crippen LogP contribution in [0.2, 0.25) is 5.02 Å². The number of carbonyl (C=O) groups is 1. The molecular weight excluding hydrogens is 346 g/mol. The third-order valence-electron chi connectivity index (χ3n) is 4.73. The lowest BCUT2D eigenvalue weighted by Crippen LogP contribution is -2.27. The Morgan fingerprint density at radius 2 is 1.81 bits per heavy atom. The zero-order chi connectivity index (χ0) is 18.3. The van der Waals surface area contributed by atoms with Gasteiger partial charge in [0.25, 0.3) is 5.91 Å². The number of nitrogens with zero attached hydrogens (tertiary/aromatic N) is 2. The number of halogens is 1. The van der Waals surface area contributed by atoms with Crippen molar-refractivity contribution in [2.75, 3.05) is 0 Å². The van der Waals surface area contributed by atoms with Crippen LogP contribution in [-0.2, 0) is 0 Å². The van der Waals surface area contributed by atoms with Gasteiger partial charge in [-0.15, -0.1) is 0 Å². The first-order valence-corrected chi connectivity index (χ1v) is 9.13. The van der Waals surface area contributed by atoms with Crippen LogP contribution in [0.1, 0.15) is 34.5 Å². The summed E-state index contributed by atoms with van der Waals surface area (Å²) in [6, 6.07) is 15.7. The molecule has 0 bridgehead atoms. The molecule has 132 valence electrons. The largest absolute Gasteiger partial charge is 0.348 e. The van der Waals surface area contributed by atoms with Gasteiger partial charge in [-0.25, -0.2) is 4.68 Å². The van der Waals surface area contributed by atoms with Gasteiger partial charge in [0.15, 0.2) is 0 Å². The van der Waals surface area contributed by atoms with E-state index in [0.29, 0.717) is 16.8 Å². The number of hydrogen-bond donors (Lipinski definition) is 1. The van der Waals surface area contributed by atoms with Crippen molar-refractivity contribution in [1.82, 2.24) is 15.1 Å². The predicted octanol–water partition coefficient (Wildman–Crippen LogP) is 4.70. The van der Waals surface area contributed by atoms with Gasteiger partial charge in [-0.05, 0) is 74.2 Å². The predicted molar refractivity (Wildman–Crippen MR) is 104 cm³/mol. The second-order valence-electron chi connectivity index (χ2n) is 6.85. The lowest BCUT2D eigenvalue weighted by atomic mass is 10.0. The number of amides is 1. The molecule has 4 nitrogen and oxygen atoms in total. The molecule has 1 saturated carbocycles. The highest BCUT2D eigenvalue weighted by Crippen LogP contribution is 2.26. The third-order valence-corrected chi connectivity index (χ3v) is 4.98. The number of carbonyl (C=O) groups excluding carboxylic acids is 1. The van der Waals surface area contributed by atoms with Crippen LogP contribution >= 0.6 is 11.6 Å². The second kappa shape index (κ2) is 6.61. The molecule has 26 heavy (non-hydrogen) atoms. The van der Waals surface area contributed by atoms with E-state index < -0.39 is 0 Å². The van der Waals surface area contributed by atoms with Crippen molar-refractivity contribution in [3.63, 3.8) is 0 Å². The van der Waals surface area contributed by atoms with E-state index in [1.807, 2.05) is 24.3 Å². The van der Waals surface area contributed by atoms with E-state index in [-0.39, 0.29) is 5.91 Å². The smallest absolute Gasteiger partial charge is 0.270 e. The number of hydrogen-bond acceptors (Lipinski definition) is 2. The molecule has 1 fully saturated rings. The van der Waals surface area contributed by atoms with Crippen LogP contribution in [0.15, 0.2) is 48.5 Å². The molecule has 1 amide bonds. The molecule has 1 heterocycles. The Morgan fingerprint density at radius 1 is 1.08 bits per heavy atom. The fraction of sp³-hybridized carbons (Fsp3) is 0.238. The van der Waals surface area contributed by atoms with Crippen LogP contribution in [-0.4, -0.2) is 21.7 Å². The first-order valence-electron chi connectivity index (χ1n) is 8.76. The zero-order valence-electron chi connectivity index (χ0n) is 14.8. The molecule has 0 atom stereocenters. The Hall–Kier alpha value is -2.59. The minimum absolute atomic E-state index is 0.0926. The number of rotatable bonds is 4. The van der Waals surface area contributed by atoms with Crippen molar-refractivity contribution in [1.29, 1.82) is 0 Å². The SMILES string of the molecule is Cc1ccc(-c2cc(C(=O)NC3CC3)n(-c3ccc(Cl)cc3)n2)cc1C. The van der Waals surface area contributed by atoms with Gasteiger partial charge < -0.3 is 5.32 Å². The molecule has 2 aromatic carbocycles. The lowest BCUT2D eigenvalue weighted by Gasteiger charge is -2.07. The van der Waals surface area contributed by atoms with Crippen molar-refractivity contribution in [3.8, 4) is 16.9 Å². The van der Waals surface area contributed by atoms with E-state index in [1.54, 1.807) is 16.8 Å². The summed E-state index contributed by atoms with van der Waals surface area (Å²) in [5, 5.41) is 8.42. The van der Waals surface area contributed by atoms with E-state index >= 15 is 0 Å². The van der Waals surface area contributed by atoms with E-state index in [4.69, 9.17) is 16.7 Å². The Kier molecular flexibility index (Phi) is 4.29. The molecule has 4 rings (SSSR count). The molecule has 0 radical (unpaired) electrons. The maximum absolute atomic E-state index is 12.7. The Bertz CT molecular complexity index is 971. The van der Waals surface area contributed by atoms with Gasteiger partial charge in [0.2, 0.25) is 0 Å². The topological polar surface area (TPSA) is 46.9 Å². The van der Waals surface area contributed by atoms with Crippen molar-refractivity contribution >= 4 is 17.5 Å². The maximum Gasteiger partial charge on any atom is 0.270 e. The summed E-state index contributed by atoms with van der Waals surface area (Å²) in [5.41, 5.74) is 5.56. The highest BCUT2D eigenvalue weighted by atomic mass is 35.5. The summed E-state index contributed by atoms with van der Waals surface area (Å²) in [4.78, 5) is 12.7. The van der Waals surface area contributed by atoms with Gasteiger partial charge in [-0.3, -0.25) is 4.79 Å². The van der Waals surface area contributed by atoms with Crippen molar-refractivity contribution in [2.24, 2.45) is 0 Å². The number of benzene rings is 2. The van der Waals surface area contributed by atoms with Crippen molar-refractivity contribution in [3.05, 3.63) is 70.4 Å². The Morgan fingerprint density at radius 3 is 2.46 bits per heavy atom. The van der Waals surface area contributed by atoms with E-state index in [2.05, 4.69) is 31.3 Å². The van der Waals surface area contributed by atoms with Gasteiger partial charge in [0, 0.05) is 16.6 Å². The van der Waals surface area contributed by atoms with Gasteiger partial charge >= 0.3 is 0 Å². The van der Waals surface area contributed by atoms with Crippen LogP contribution in [0, 0.1) is 13.8 Å². The molecule has 1 N–H and O–H groups in total. The summed E-state index contributed by atoms with van der Waals surface area (Å²) >= 11 is 6.00. The monoisotopic (exact) mass is 365 g/mol. The Balaban J connectivity index is 1.79. The molecule has 0 aliphatic heterocycles. The molecule has 1 aliphatic rings. The van der Waals surface area contributed by atoms with Crippen LogP contribution in [0.25, 0.3) is 16.9 Å². The van der Waals surface area contributed by atoms with Gasteiger partial charge in [0.05, 0.1) is 11.4 Å². The number of aryl methyl sites for hydroxylation is 2. The fourth-order valence-electron chi connectivity index (χ4n) is 2.85. The molecule has 0 spiro atoms. The molecule has 1 aromatic heterocycles. The molecule has 1 aliphatic carbocycles. The highest BCUT2D eigenvalue weighted by Gasteiger charge is 2.26. The zero-order valence-corrected chi connectivity index (χ0v) is 15.5. The number of nitrogens with one attached hydrogen (secondary N) is 1. The minimum Gasteiger partial charge on any atom is -0.348 e. The van der Waals surface area contributed by atoms with E-state index in [9.17, 15) is 4.79 Å². The van der Waals surface area contributed by atoms with E-state index in [0.717, 1.165) is 29.8 Å². The number of aromatic nitrogens is 2. The molecule has 5 heteroatoms. The summed E-state index contributed by atoms with van der Waals surface area (Å²) in [7, 11) is 0. The molecule has 0 unspecified atom stereocenters. The molecule has 3 aromatic rings. The average molecular weight is 366 g/mol. The van der Waals surface area contributed by atoms with Gasteiger partial charge in [-0.1, -0.05) is 23.7 Å². The summed E-state index contributed by atoms with van der Waals surface area (Å²) in [5.74, 6) is -0.0926. The Labute approximate surface area is 157 Å². The van der Waals surface area contributed by atoms with Crippen LogP contribution in [0.4, 0.5) is 0 Å². The lowest BCUT2D eigenvalue weighted by molar-refractivity contribution is 0.0943. The maximum atomic E-state index is 12.7. The normalized spacial score (nSPS) is 13.7. The average Bonchev–Trinajstić information content (AvgIpc) is 3.32. The van der Waals surface area contributed by atoms with Crippen LogP contribution in [0.3, 0.4) is 0 Å². The molecular formula is C21H20ClN3O. The quantitative estimate of drug-likeness (QED) is 0.728. The summed E-state index contributed by atoms with van der Waals surface area (Å²) in [6.45, 7) is 4.16. The van der Waals surface area contributed by atoms with Gasteiger partial charge in [-0.2, -0.15) is 5.10 Å². The third kappa shape index (κ3) is 3.37. The summed E-state index contributed by atoms with van der Waals surface area (Å²) in [6.07, 6.45) is 2.09. The first-order chi connectivity index (χ1) is 12.5. The summed E-state index contributed by atoms with van der Waals surface area (Å²) < 4.78 is 1.69. The first kappa shape index (κ1) is 16.9. The van der Waals surface area contributed by atoms with Crippen LogP contribution in [0.5, 0.6) is 0 Å². The van der Waals surface area contributed by atoms with Crippen LogP contribution < -0.4 is 5.32 Å². The van der Waals surface area contributed by atoms with Crippen molar-refractivity contribution < 1.29 is 4.79 Å². The molecule has 0 saturated heterocycles. The fourth-order valence-corrected chi connectivity index (χ4v) is 2.98.